The number of aromatic nitrogens is 2. The predicted octanol–water partition coefficient (Wildman–Crippen LogP) is 5.25. The lowest BCUT2D eigenvalue weighted by Crippen LogP contribution is -2.28. The van der Waals surface area contributed by atoms with E-state index in [0.29, 0.717) is 12.5 Å². The first-order chi connectivity index (χ1) is 17.2. The van der Waals surface area contributed by atoms with Gasteiger partial charge in [0.2, 0.25) is 0 Å². The van der Waals surface area contributed by atoms with Crippen molar-refractivity contribution in [2.75, 3.05) is 13.1 Å². The van der Waals surface area contributed by atoms with Crippen LogP contribution in [0.2, 0.25) is 0 Å². The number of hydrogen-bond acceptors (Lipinski definition) is 4. The Hall–Kier alpha value is -2.96. The van der Waals surface area contributed by atoms with Crippen LogP contribution in [0.3, 0.4) is 0 Å². The van der Waals surface area contributed by atoms with Crippen molar-refractivity contribution in [2.24, 2.45) is 11.3 Å². The van der Waals surface area contributed by atoms with Crippen LogP contribution in [-0.4, -0.2) is 44.1 Å². The van der Waals surface area contributed by atoms with Gasteiger partial charge in [0.1, 0.15) is 6.23 Å². The van der Waals surface area contributed by atoms with E-state index in [2.05, 4.69) is 61.0 Å². The van der Waals surface area contributed by atoms with Gasteiger partial charge in [-0.15, -0.1) is 0 Å². The highest BCUT2D eigenvalue weighted by Crippen LogP contribution is 2.41. The Labute approximate surface area is 213 Å². The van der Waals surface area contributed by atoms with Gasteiger partial charge in [0.05, 0.1) is 11.7 Å². The molecule has 6 heteroatoms. The molecule has 1 aliphatic carbocycles. The maximum Gasteiger partial charge on any atom is 0.255 e. The van der Waals surface area contributed by atoms with E-state index in [1.165, 1.54) is 11.3 Å². The Morgan fingerprint density at radius 3 is 2.58 bits per heavy atom. The third-order valence-electron chi connectivity index (χ3n) is 8.46. The van der Waals surface area contributed by atoms with Crippen LogP contribution in [0.15, 0.2) is 42.5 Å². The van der Waals surface area contributed by atoms with Crippen molar-refractivity contribution in [3.8, 4) is 11.3 Å². The quantitative estimate of drug-likeness (QED) is 0.519. The number of rotatable bonds is 5. The largest absolute Gasteiger partial charge is 0.374 e. The number of aliphatic hydroxyl groups is 1. The summed E-state index contributed by atoms with van der Waals surface area (Å²) < 4.78 is 0. The van der Waals surface area contributed by atoms with Crippen molar-refractivity contribution in [1.29, 1.82) is 0 Å². The molecule has 1 aromatic heterocycles. The van der Waals surface area contributed by atoms with E-state index in [0.717, 1.165) is 65.9 Å². The van der Waals surface area contributed by atoms with Crippen molar-refractivity contribution in [3.63, 3.8) is 0 Å². The van der Waals surface area contributed by atoms with Crippen molar-refractivity contribution < 1.29 is 9.90 Å². The lowest BCUT2D eigenvalue weighted by atomic mass is 9.90. The molecule has 2 aromatic carbocycles. The molecule has 36 heavy (non-hydrogen) atoms. The van der Waals surface area contributed by atoms with Crippen LogP contribution in [0.1, 0.15) is 84.7 Å². The molecule has 0 radical (unpaired) electrons. The molecule has 1 unspecified atom stereocenters. The van der Waals surface area contributed by atoms with Crippen molar-refractivity contribution in [1.82, 2.24) is 20.0 Å². The Morgan fingerprint density at radius 1 is 1.11 bits per heavy atom. The van der Waals surface area contributed by atoms with E-state index < -0.39 is 6.23 Å². The number of likely N-dealkylation sites (tertiary alicyclic amines) is 1. The molecule has 3 aromatic rings. The molecule has 3 aliphatic rings. The Morgan fingerprint density at radius 2 is 1.86 bits per heavy atom. The van der Waals surface area contributed by atoms with Gasteiger partial charge in [-0.3, -0.25) is 14.8 Å². The molecular weight excluding hydrogens is 448 g/mol. The Bertz CT molecular complexity index is 1310. The smallest absolute Gasteiger partial charge is 0.255 e. The van der Waals surface area contributed by atoms with Gasteiger partial charge in [-0.25, -0.2) is 0 Å². The maximum atomic E-state index is 13.3. The van der Waals surface area contributed by atoms with Gasteiger partial charge in [-0.2, -0.15) is 5.10 Å². The van der Waals surface area contributed by atoms with Crippen LogP contribution >= 0.6 is 0 Å². The van der Waals surface area contributed by atoms with Crippen LogP contribution in [0, 0.1) is 11.3 Å². The van der Waals surface area contributed by atoms with Crippen LogP contribution in [0.25, 0.3) is 11.3 Å². The molecule has 3 atom stereocenters. The number of nitrogens with zero attached hydrogens (tertiary/aromatic N) is 3. The van der Waals surface area contributed by atoms with Crippen molar-refractivity contribution in [3.05, 3.63) is 76.0 Å². The second kappa shape index (κ2) is 8.56. The Kier molecular flexibility index (Phi) is 5.58. The molecule has 0 saturated carbocycles. The Balaban J connectivity index is 1.19. The first kappa shape index (κ1) is 23.4. The SMILES string of the molecule is C[C@H]1CCN(C(O)c2ccc([C@@H](C)N3Cc4cc(-c5n[nH]c6c5CC(C)(C)C6)ccc4C3=O)cc2)C1. The van der Waals surface area contributed by atoms with Gasteiger partial charge >= 0.3 is 0 Å². The fraction of sp³-hybridized carbons (Fsp3) is 0.467. The van der Waals surface area contributed by atoms with Crippen molar-refractivity contribution >= 4 is 5.91 Å². The minimum Gasteiger partial charge on any atom is -0.374 e. The first-order valence-electron chi connectivity index (χ1n) is 13.2. The zero-order valence-electron chi connectivity index (χ0n) is 21.7. The third-order valence-corrected chi connectivity index (χ3v) is 8.46. The summed E-state index contributed by atoms with van der Waals surface area (Å²) >= 11 is 0. The predicted molar refractivity (Wildman–Crippen MR) is 140 cm³/mol. The summed E-state index contributed by atoms with van der Waals surface area (Å²) in [6.45, 7) is 11.4. The van der Waals surface area contributed by atoms with E-state index in [1.54, 1.807) is 0 Å². The zero-order chi connectivity index (χ0) is 25.2. The highest BCUT2D eigenvalue weighted by Gasteiger charge is 2.35. The monoisotopic (exact) mass is 484 g/mol. The van der Waals surface area contributed by atoms with Gasteiger partial charge in [-0.1, -0.05) is 51.1 Å². The minimum atomic E-state index is -0.565. The molecule has 1 amide bonds. The van der Waals surface area contributed by atoms with Crippen molar-refractivity contribution in [2.45, 2.75) is 65.8 Å². The standard InChI is InChI=1S/C30H36N4O2/c1-18-11-12-33(16-18)28(35)21-7-5-20(6-8-21)19(2)34-17-23-13-22(9-10-24(23)29(34)36)27-25-14-30(3,4)15-26(25)31-32-27/h5-10,13,18-19,28,35H,11-12,14-17H2,1-4H3,(H,31,32)/t18-,19+,28?/m0/s1. The van der Waals surface area contributed by atoms with E-state index in [-0.39, 0.29) is 17.4 Å². The summed E-state index contributed by atoms with van der Waals surface area (Å²) in [6.07, 6.45) is 2.61. The van der Waals surface area contributed by atoms with E-state index >= 15 is 0 Å². The summed E-state index contributed by atoms with van der Waals surface area (Å²) in [5, 5.41) is 18.7. The molecule has 1 fully saturated rings. The molecule has 0 bridgehead atoms. The number of fused-ring (bicyclic) bond motifs is 2. The number of nitrogens with one attached hydrogen (secondary N) is 1. The number of aromatic amines is 1. The third kappa shape index (κ3) is 3.97. The summed E-state index contributed by atoms with van der Waals surface area (Å²) in [5.74, 6) is 0.704. The molecule has 6 nitrogen and oxygen atoms in total. The number of carbonyl (C=O) groups is 1. The summed E-state index contributed by atoms with van der Waals surface area (Å²) in [4.78, 5) is 17.4. The van der Waals surface area contributed by atoms with Gasteiger partial charge in [0.15, 0.2) is 0 Å². The van der Waals surface area contributed by atoms with Crippen LogP contribution in [0.5, 0.6) is 0 Å². The van der Waals surface area contributed by atoms with E-state index in [1.807, 2.05) is 29.2 Å². The summed E-state index contributed by atoms with van der Waals surface area (Å²) in [7, 11) is 0. The molecule has 2 N–H and O–H groups in total. The second-order valence-corrected chi connectivity index (χ2v) is 12.0. The van der Waals surface area contributed by atoms with Gasteiger partial charge in [0.25, 0.3) is 5.91 Å². The number of carbonyl (C=O) groups excluding carboxylic acids is 1. The molecule has 3 heterocycles. The van der Waals surface area contributed by atoms with Gasteiger partial charge < -0.3 is 10.0 Å². The van der Waals surface area contributed by atoms with E-state index in [4.69, 9.17) is 0 Å². The lowest BCUT2D eigenvalue weighted by Gasteiger charge is -2.26. The molecule has 0 spiro atoms. The highest BCUT2D eigenvalue weighted by atomic mass is 16.3. The molecular formula is C30H36N4O2. The van der Waals surface area contributed by atoms with Crippen LogP contribution in [-0.2, 0) is 19.4 Å². The molecule has 6 rings (SSSR count). The second-order valence-electron chi connectivity index (χ2n) is 12.0. The summed E-state index contributed by atoms with van der Waals surface area (Å²) in [5.41, 5.74) is 8.78. The fourth-order valence-corrected chi connectivity index (χ4v) is 6.33. The molecule has 1 saturated heterocycles. The average Bonchev–Trinajstić information content (AvgIpc) is 3.60. The average molecular weight is 485 g/mol. The topological polar surface area (TPSA) is 72.5 Å². The number of amides is 1. The number of hydrogen-bond donors (Lipinski definition) is 2. The zero-order valence-corrected chi connectivity index (χ0v) is 21.7. The highest BCUT2D eigenvalue weighted by molar-refractivity contribution is 5.99. The molecule has 188 valence electrons. The minimum absolute atomic E-state index is 0.0539. The lowest BCUT2D eigenvalue weighted by molar-refractivity contribution is 0.0167. The van der Waals surface area contributed by atoms with Gasteiger partial charge in [-0.05, 0) is 66.3 Å². The number of benzene rings is 2. The van der Waals surface area contributed by atoms with Crippen LogP contribution in [0.4, 0.5) is 0 Å². The van der Waals surface area contributed by atoms with Crippen LogP contribution < -0.4 is 0 Å². The fourth-order valence-electron chi connectivity index (χ4n) is 6.33. The number of aliphatic hydroxyl groups excluding tert-OH is 1. The van der Waals surface area contributed by atoms with Gasteiger partial charge in [0, 0.05) is 42.0 Å². The number of H-pyrrole nitrogens is 1. The normalized spacial score (nSPS) is 22.6. The van der Waals surface area contributed by atoms with E-state index in [9.17, 15) is 9.90 Å². The summed E-state index contributed by atoms with van der Waals surface area (Å²) in [6, 6.07) is 14.2. The molecule has 2 aliphatic heterocycles. The maximum absolute atomic E-state index is 13.3. The first-order valence-corrected chi connectivity index (χ1v) is 13.2.